The number of ether oxygens (including phenoxy) is 3. The standard InChI is InChI=1S/C15H22ClNO3/c1-4-5-7-20-15-12(11-17-6-8-18-2)9-13(16)10-14(15)19-3/h4,9-10,17H,1,5-8,11H2,2-3H3. The molecule has 1 aromatic rings. The highest BCUT2D eigenvalue weighted by Crippen LogP contribution is 2.34. The van der Waals surface area contributed by atoms with E-state index in [1.165, 1.54) is 0 Å². The third-order valence-corrected chi connectivity index (χ3v) is 2.90. The van der Waals surface area contributed by atoms with Crippen LogP contribution < -0.4 is 14.8 Å². The number of halogens is 1. The molecular weight excluding hydrogens is 278 g/mol. The molecule has 0 radical (unpaired) electrons. The number of nitrogens with one attached hydrogen (secondary N) is 1. The molecule has 0 heterocycles. The van der Waals surface area contributed by atoms with Gasteiger partial charge in [0, 0.05) is 36.9 Å². The first-order valence-electron chi connectivity index (χ1n) is 6.52. The van der Waals surface area contributed by atoms with E-state index in [9.17, 15) is 0 Å². The van der Waals surface area contributed by atoms with Crippen LogP contribution in [0.4, 0.5) is 0 Å². The topological polar surface area (TPSA) is 39.7 Å². The molecule has 0 fully saturated rings. The molecule has 0 aliphatic heterocycles. The van der Waals surface area contributed by atoms with Gasteiger partial charge in [-0.25, -0.2) is 0 Å². The van der Waals surface area contributed by atoms with Crippen molar-refractivity contribution in [2.75, 3.05) is 34.0 Å². The van der Waals surface area contributed by atoms with E-state index in [2.05, 4.69) is 11.9 Å². The van der Waals surface area contributed by atoms with E-state index in [4.69, 9.17) is 25.8 Å². The first kappa shape index (κ1) is 16.8. The SMILES string of the molecule is C=CCCOc1c(CNCCOC)cc(Cl)cc1OC. The van der Waals surface area contributed by atoms with Crippen LogP contribution in [0.1, 0.15) is 12.0 Å². The summed E-state index contributed by atoms with van der Waals surface area (Å²) < 4.78 is 16.1. The van der Waals surface area contributed by atoms with E-state index >= 15 is 0 Å². The number of methoxy groups -OCH3 is 2. The van der Waals surface area contributed by atoms with E-state index < -0.39 is 0 Å². The minimum absolute atomic E-state index is 0.562. The molecule has 1 aromatic carbocycles. The highest BCUT2D eigenvalue weighted by Gasteiger charge is 2.12. The summed E-state index contributed by atoms with van der Waals surface area (Å²) in [5.74, 6) is 1.37. The Hall–Kier alpha value is -1.23. The minimum atomic E-state index is 0.562. The molecule has 0 aromatic heterocycles. The molecule has 112 valence electrons. The fourth-order valence-corrected chi connectivity index (χ4v) is 1.94. The van der Waals surface area contributed by atoms with Crippen molar-refractivity contribution >= 4 is 11.6 Å². The molecule has 5 heteroatoms. The molecule has 0 spiro atoms. The van der Waals surface area contributed by atoms with Crippen LogP contribution in [-0.2, 0) is 11.3 Å². The lowest BCUT2D eigenvalue weighted by atomic mass is 10.1. The van der Waals surface area contributed by atoms with Crippen molar-refractivity contribution in [2.24, 2.45) is 0 Å². The third kappa shape index (κ3) is 5.41. The van der Waals surface area contributed by atoms with Gasteiger partial charge in [0.15, 0.2) is 11.5 Å². The van der Waals surface area contributed by atoms with Crippen molar-refractivity contribution in [3.05, 3.63) is 35.4 Å². The van der Waals surface area contributed by atoms with Crippen molar-refractivity contribution in [1.82, 2.24) is 5.32 Å². The Balaban J connectivity index is 2.81. The molecule has 0 amide bonds. The molecule has 0 aliphatic carbocycles. The smallest absolute Gasteiger partial charge is 0.165 e. The highest BCUT2D eigenvalue weighted by molar-refractivity contribution is 6.30. The van der Waals surface area contributed by atoms with Crippen LogP contribution in [0.15, 0.2) is 24.8 Å². The second-order valence-electron chi connectivity index (χ2n) is 4.19. The summed E-state index contributed by atoms with van der Waals surface area (Å²) in [7, 11) is 3.28. The molecule has 0 unspecified atom stereocenters. The molecule has 0 bridgehead atoms. The molecule has 1 N–H and O–H groups in total. The summed E-state index contributed by atoms with van der Waals surface area (Å²) >= 11 is 6.10. The Labute approximate surface area is 125 Å². The first-order valence-corrected chi connectivity index (χ1v) is 6.90. The summed E-state index contributed by atoms with van der Waals surface area (Å²) in [6.45, 7) is 6.31. The third-order valence-electron chi connectivity index (χ3n) is 2.68. The van der Waals surface area contributed by atoms with Crippen molar-refractivity contribution in [3.63, 3.8) is 0 Å². The summed E-state index contributed by atoms with van der Waals surface area (Å²) in [5, 5.41) is 3.90. The van der Waals surface area contributed by atoms with Gasteiger partial charge in [-0.3, -0.25) is 0 Å². The van der Waals surface area contributed by atoms with Gasteiger partial charge in [0.05, 0.1) is 20.3 Å². The van der Waals surface area contributed by atoms with Crippen molar-refractivity contribution in [3.8, 4) is 11.5 Å². The van der Waals surface area contributed by atoms with Gasteiger partial charge in [-0.2, -0.15) is 0 Å². The fourth-order valence-electron chi connectivity index (χ4n) is 1.71. The maximum atomic E-state index is 6.10. The van der Waals surface area contributed by atoms with Crippen LogP contribution in [-0.4, -0.2) is 34.0 Å². The van der Waals surface area contributed by atoms with Gasteiger partial charge in [-0.1, -0.05) is 17.7 Å². The van der Waals surface area contributed by atoms with E-state index in [-0.39, 0.29) is 0 Å². The van der Waals surface area contributed by atoms with Crippen LogP contribution in [0.25, 0.3) is 0 Å². The Bertz CT molecular complexity index is 424. The summed E-state index contributed by atoms with van der Waals surface area (Å²) in [6, 6.07) is 3.64. The Morgan fingerprint density at radius 1 is 1.30 bits per heavy atom. The lowest BCUT2D eigenvalue weighted by Gasteiger charge is -2.16. The van der Waals surface area contributed by atoms with Gasteiger partial charge in [-0.05, 0) is 12.5 Å². The van der Waals surface area contributed by atoms with Crippen LogP contribution in [0, 0.1) is 0 Å². The highest BCUT2D eigenvalue weighted by atomic mass is 35.5. The summed E-state index contributed by atoms with van der Waals surface area (Å²) in [4.78, 5) is 0. The Kier molecular flexibility index (Phi) is 8.11. The zero-order valence-corrected chi connectivity index (χ0v) is 12.8. The van der Waals surface area contributed by atoms with E-state index in [1.807, 2.05) is 12.1 Å². The molecule has 1 rings (SSSR count). The van der Waals surface area contributed by atoms with Crippen molar-refractivity contribution in [2.45, 2.75) is 13.0 Å². The van der Waals surface area contributed by atoms with Gasteiger partial charge in [-0.15, -0.1) is 6.58 Å². The zero-order valence-electron chi connectivity index (χ0n) is 12.1. The molecule has 4 nitrogen and oxygen atoms in total. The number of hydrogen-bond acceptors (Lipinski definition) is 4. The van der Waals surface area contributed by atoms with Crippen molar-refractivity contribution in [1.29, 1.82) is 0 Å². The molecular formula is C15H22ClNO3. The molecule has 0 atom stereocenters. The maximum Gasteiger partial charge on any atom is 0.165 e. The second kappa shape index (κ2) is 9.64. The quantitative estimate of drug-likeness (QED) is 0.532. The van der Waals surface area contributed by atoms with Crippen LogP contribution in [0.5, 0.6) is 11.5 Å². The Morgan fingerprint density at radius 3 is 2.75 bits per heavy atom. The maximum absolute atomic E-state index is 6.10. The van der Waals surface area contributed by atoms with Crippen molar-refractivity contribution < 1.29 is 14.2 Å². The lowest BCUT2D eigenvalue weighted by molar-refractivity contribution is 0.199. The van der Waals surface area contributed by atoms with Gasteiger partial charge >= 0.3 is 0 Å². The average molecular weight is 300 g/mol. The predicted octanol–water partition coefficient (Wildman–Crippen LogP) is 3.04. The largest absolute Gasteiger partial charge is 0.493 e. The molecule has 20 heavy (non-hydrogen) atoms. The fraction of sp³-hybridized carbons (Fsp3) is 0.467. The van der Waals surface area contributed by atoms with E-state index in [0.29, 0.717) is 30.5 Å². The van der Waals surface area contributed by atoms with E-state index in [1.54, 1.807) is 20.3 Å². The number of hydrogen-bond donors (Lipinski definition) is 1. The predicted molar refractivity (Wildman–Crippen MR) is 81.9 cm³/mol. The molecule has 0 aliphatic rings. The summed E-state index contributed by atoms with van der Waals surface area (Å²) in [6.07, 6.45) is 2.60. The lowest BCUT2D eigenvalue weighted by Crippen LogP contribution is -2.19. The second-order valence-corrected chi connectivity index (χ2v) is 4.63. The monoisotopic (exact) mass is 299 g/mol. The van der Waals surface area contributed by atoms with Crippen LogP contribution in [0.2, 0.25) is 5.02 Å². The number of rotatable bonds is 10. The molecule has 0 saturated carbocycles. The number of benzene rings is 1. The van der Waals surface area contributed by atoms with Gasteiger partial charge in [0.25, 0.3) is 0 Å². The first-order chi connectivity index (χ1) is 9.72. The van der Waals surface area contributed by atoms with Crippen LogP contribution in [0.3, 0.4) is 0 Å². The summed E-state index contributed by atoms with van der Waals surface area (Å²) in [5.41, 5.74) is 0.967. The van der Waals surface area contributed by atoms with Gasteiger partial charge < -0.3 is 19.5 Å². The van der Waals surface area contributed by atoms with Gasteiger partial charge in [0.1, 0.15) is 0 Å². The molecule has 0 saturated heterocycles. The van der Waals surface area contributed by atoms with E-state index in [0.717, 1.165) is 24.3 Å². The Morgan fingerprint density at radius 2 is 2.10 bits per heavy atom. The normalized spacial score (nSPS) is 10.3. The zero-order chi connectivity index (χ0) is 14.8. The van der Waals surface area contributed by atoms with Crippen LogP contribution >= 0.6 is 11.6 Å². The minimum Gasteiger partial charge on any atom is -0.493 e. The van der Waals surface area contributed by atoms with Gasteiger partial charge in [0.2, 0.25) is 0 Å². The average Bonchev–Trinajstić information content (AvgIpc) is 2.45.